The third-order valence-electron chi connectivity index (χ3n) is 9.57. The first-order valence-electron chi connectivity index (χ1n) is 16.0. The van der Waals surface area contributed by atoms with E-state index in [9.17, 15) is 0 Å². The van der Waals surface area contributed by atoms with Crippen LogP contribution in [-0.4, -0.2) is 4.21 Å². The van der Waals surface area contributed by atoms with E-state index in [0.717, 1.165) is 17.9 Å². The van der Waals surface area contributed by atoms with Gasteiger partial charge in [-0.15, -0.1) is 24.8 Å². The summed E-state index contributed by atoms with van der Waals surface area (Å²) in [7, 11) is 0. The topological polar surface area (TPSA) is 0 Å². The van der Waals surface area contributed by atoms with Crippen LogP contribution in [0.25, 0.3) is 11.1 Å². The van der Waals surface area contributed by atoms with Gasteiger partial charge < -0.3 is 0 Å². The molecule has 0 bridgehead atoms. The molecule has 0 saturated heterocycles. The van der Waals surface area contributed by atoms with Crippen molar-refractivity contribution >= 4 is 47.2 Å². The number of rotatable bonds is 3. The summed E-state index contributed by atoms with van der Waals surface area (Å²) in [6, 6.07) is 16.4. The normalized spacial score (nSPS) is 15.9. The second kappa shape index (κ2) is 12.7. The second-order valence-corrected chi connectivity index (χ2v) is 26.3. The van der Waals surface area contributed by atoms with Crippen molar-refractivity contribution in [3.05, 3.63) is 102 Å². The molecule has 3 aromatic carbocycles. The van der Waals surface area contributed by atoms with Crippen LogP contribution in [-0.2, 0) is 47.9 Å². The zero-order chi connectivity index (χ0) is 31.9. The fraction of sp³-hybridized carbons (Fsp3) is 0.439. The van der Waals surface area contributed by atoms with Crippen LogP contribution in [0, 0.1) is 0 Å². The molecule has 45 heavy (non-hydrogen) atoms. The number of halogens is 3. The van der Waals surface area contributed by atoms with Gasteiger partial charge in [0.25, 0.3) is 0 Å². The summed E-state index contributed by atoms with van der Waals surface area (Å²) in [5.74, 6) is 0. The van der Waals surface area contributed by atoms with Crippen LogP contribution in [0.15, 0.2) is 64.0 Å². The summed E-state index contributed by atoms with van der Waals surface area (Å²) >= 11 is 2.98. The summed E-state index contributed by atoms with van der Waals surface area (Å²) in [4.78, 5) is 0. The van der Waals surface area contributed by atoms with E-state index in [0.29, 0.717) is 0 Å². The number of hydrogen-bond acceptors (Lipinski definition) is 0. The molecule has 243 valence electrons. The Morgan fingerprint density at radius 3 is 1.73 bits per heavy atom. The van der Waals surface area contributed by atoms with Gasteiger partial charge in [-0.3, -0.25) is 0 Å². The summed E-state index contributed by atoms with van der Waals surface area (Å²) in [5.41, 5.74) is 11.9. The molecule has 0 aromatic heterocycles. The third kappa shape index (κ3) is 6.86. The molecule has 0 aliphatic heterocycles. The van der Waals surface area contributed by atoms with Gasteiger partial charge in [0.2, 0.25) is 0 Å². The van der Waals surface area contributed by atoms with Crippen molar-refractivity contribution in [1.82, 2.24) is 0 Å². The van der Waals surface area contributed by atoms with Crippen LogP contribution < -0.4 is 6.54 Å². The van der Waals surface area contributed by atoms with Crippen molar-refractivity contribution in [2.45, 2.75) is 118 Å². The first kappa shape index (κ1) is 38.2. The van der Waals surface area contributed by atoms with Gasteiger partial charge in [0.1, 0.15) is 0 Å². The van der Waals surface area contributed by atoms with Gasteiger partial charge in [0, 0.05) is 0 Å². The van der Waals surface area contributed by atoms with E-state index in [2.05, 4.69) is 138 Å². The van der Waals surface area contributed by atoms with Gasteiger partial charge in [0.15, 0.2) is 0 Å². The van der Waals surface area contributed by atoms with Gasteiger partial charge in [-0.1, -0.05) is 0 Å². The Labute approximate surface area is 295 Å². The Morgan fingerprint density at radius 2 is 1.24 bits per heavy atom. The van der Waals surface area contributed by atoms with Crippen molar-refractivity contribution in [2.24, 2.45) is 0 Å². The number of fused-ring (bicyclic) bond motifs is 3. The molecule has 0 heterocycles. The molecular weight excluding hydrogens is 690 g/mol. The van der Waals surface area contributed by atoms with E-state index in [1.165, 1.54) is 51.1 Å². The van der Waals surface area contributed by atoms with Crippen molar-refractivity contribution in [2.75, 3.05) is 0 Å². The van der Waals surface area contributed by atoms with Crippen LogP contribution in [0.3, 0.4) is 0 Å². The molecule has 5 rings (SSSR count). The molecule has 0 saturated carbocycles. The van der Waals surface area contributed by atoms with Crippen molar-refractivity contribution in [1.29, 1.82) is 0 Å². The molecule has 0 nitrogen and oxygen atoms in total. The third-order valence-corrected chi connectivity index (χ3v) is 20.1. The van der Waals surface area contributed by atoms with Gasteiger partial charge in [-0.05, 0) is 0 Å². The second-order valence-electron chi connectivity index (χ2n) is 17.2. The molecule has 0 fully saturated rings. The Hall–Kier alpha value is -1.24. The Bertz CT molecular complexity index is 1720. The summed E-state index contributed by atoms with van der Waals surface area (Å²) in [6.07, 6.45) is 8.92. The first-order valence-corrected chi connectivity index (χ1v) is 21.8. The molecule has 0 spiro atoms. The van der Waals surface area contributed by atoms with E-state index >= 15 is 0 Å². The van der Waals surface area contributed by atoms with E-state index in [-0.39, 0.29) is 46.5 Å². The molecule has 3 aromatic rings. The van der Waals surface area contributed by atoms with Gasteiger partial charge in [0.05, 0.1) is 0 Å². The van der Waals surface area contributed by atoms with E-state index in [1.807, 2.05) is 6.07 Å². The molecule has 4 heteroatoms. The number of hydrogen-bond donors (Lipinski definition) is 0. The average molecular weight is 744 g/mol. The van der Waals surface area contributed by atoms with E-state index < -0.39 is 19.8 Å². The molecule has 2 aliphatic carbocycles. The monoisotopic (exact) mass is 741 g/mol. The predicted molar refractivity (Wildman–Crippen MR) is 204 cm³/mol. The molecule has 2 aliphatic rings. The Balaban J connectivity index is 0.00000276. The number of benzene rings is 3. The van der Waals surface area contributed by atoms with Crippen molar-refractivity contribution in [3.8, 4) is 11.1 Å². The van der Waals surface area contributed by atoms with Gasteiger partial charge >= 0.3 is 273 Å². The molecule has 0 radical (unpaired) electrons. The van der Waals surface area contributed by atoms with Crippen LogP contribution >= 0.6 is 36.4 Å². The summed E-state index contributed by atoms with van der Waals surface area (Å²) < 4.78 is 9.93. The van der Waals surface area contributed by atoms with Gasteiger partial charge in [-0.25, -0.2) is 0 Å². The Kier molecular flexibility index (Phi) is 10.7. The minimum atomic E-state index is -3.78. The predicted octanol–water partition coefficient (Wildman–Crippen LogP) is 11.3. The standard InChI is InChI=1S/C29H41.C6H4Cl.C5H5.CH2.2ClH.Zr/c1-26(2,3)22-14-18-13-19-15-23(27(4,5)6)25(29(10,11)12)17-21(19)20(18)16-24(22)28(7,8)9;7-6-4-2-1-3-5-6;1-2-4-5-3-1;;;;/h14,16-17H,13H2,1-12H3;1-2,4-5H;1-3H,4H2;1H2;2*1H;. The van der Waals surface area contributed by atoms with Crippen LogP contribution in [0.2, 0.25) is 5.02 Å². The van der Waals surface area contributed by atoms with Crippen LogP contribution in [0.1, 0.15) is 123 Å². The summed E-state index contributed by atoms with van der Waals surface area (Å²) in [6.45, 7) is 28.6. The number of allylic oxidation sites excluding steroid dienone is 4. The van der Waals surface area contributed by atoms with E-state index in [1.54, 1.807) is 3.27 Å². The quantitative estimate of drug-likeness (QED) is 0.196. The molecule has 1 atom stereocenters. The SMILES string of the molecule is Cl.Cl.[CH2]=[Zr]([C]1=CC=CC1)([c]1cccc(Cl)c1)[c]1c2c(cc(C(C)(C)C)c1C(C)(C)C)-c1cc(C(C)(C)C)c(C(C)(C)C)cc1C2. The maximum atomic E-state index is 6.76. The van der Waals surface area contributed by atoms with E-state index in [4.69, 9.17) is 15.8 Å². The summed E-state index contributed by atoms with van der Waals surface area (Å²) in [5, 5.41) is 0.808. The van der Waals surface area contributed by atoms with Crippen molar-refractivity contribution in [3.63, 3.8) is 0 Å². The fourth-order valence-corrected chi connectivity index (χ4v) is 18.4. The molecule has 0 N–H and O–H groups in total. The zero-order valence-electron chi connectivity index (χ0n) is 29.6. The first-order chi connectivity index (χ1) is 19.6. The zero-order valence-corrected chi connectivity index (χ0v) is 34.4. The van der Waals surface area contributed by atoms with Gasteiger partial charge in [-0.2, -0.15) is 0 Å². The fourth-order valence-electron chi connectivity index (χ4n) is 7.47. The Morgan fingerprint density at radius 1 is 0.689 bits per heavy atom. The minimum absolute atomic E-state index is 0. The molecule has 1 unspecified atom stereocenters. The molecule has 0 amide bonds. The molecular formula is C41H54Cl3Zr. The average Bonchev–Trinajstić information content (AvgIpc) is 3.52. The maximum absolute atomic E-state index is 6.76. The van der Waals surface area contributed by atoms with Crippen molar-refractivity contribution < 1.29 is 19.8 Å². The van der Waals surface area contributed by atoms with Crippen LogP contribution in [0.4, 0.5) is 0 Å². The van der Waals surface area contributed by atoms with Crippen LogP contribution in [0.5, 0.6) is 0 Å².